The summed E-state index contributed by atoms with van der Waals surface area (Å²) in [5, 5.41) is 0.0475. The maximum absolute atomic E-state index is 11.5. The molecule has 0 N–H and O–H groups in total. The van der Waals surface area contributed by atoms with E-state index >= 15 is 0 Å². The van der Waals surface area contributed by atoms with E-state index in [-0.39, 0.29) is 17.4 Å². The topological polar surface area (TPSA) is 71.1 Å². The standard InChI is InChI=1S/C17H29IO6Si/c1-12(16(20)22-6)24-14(9-13(18)10-15(19)21-5)11-23-25(7,8)17(2,3)4/h10,14H,1,9,11H2,2-8H3/b13-10+. The van der Waals surface area contributed by atoms with E-state index in [9.17, 15) is 9.59 Å². The Morgan fingerprint density at radius 2 is 1.76 bits per heavy atom. The minimum absolute atomic E-state index is 0.0475. The fraction of sp³-hybridized carbons (Fsp3) is 0.647. The van der Waals surface area contributed by atoms with Crippen LogP contribution in [0.1, 0.15) is 27.2 Å². The Morgan fingerprint density at radius 1 is 1.20 bits per heavy atom. The lowest BCUT2D eigenvalue weighted by molar-refractivity contribution is -0.141. The monoisotopic (exact) mass is 484 g/mol. The van der Waals surface area contributed by atoms with Crippen LogP contribution in [0.25, 0.3) is 0 Å². The van der Waals surface area contributed by atoms with E-state index in [0.717, 1.165) is 3.58 Å². The van der Waals surface area contributed by atoms with Gasteiger partial charge in [-0.1, -0.05) is 20.8 Å². The first-order valence-corrected chi connectivity index (χ1v) is 11.8. The van der Waals surface area contributed by atoms with Crippen LogP contribution >= 0.6 is 22.6 Å². The summed E-state index contributed by atoms with van der Waals surface area (Å²) >= 11 is 2.04. The van der Waals surface area contributed by atoms with Gasteiger partial charge in [0.2, 0.25) is 0 Å². The van der Waals surface area contributed by atoms with E-state index in [4.69, 9.17) is 9.16 Å². The molecule has 0 fully saturated rings. The van der Waals surface area contributed by atoms with Gasteiger partial charge in [-0.25, -0.2) is 9.59 Å². The molecule has 144 valence electrons. The van der Waals surface area contributed by atoms with Crippen LogP contribution in [-0.2, 0) is 28.2 Å². The van der Waals surface area contributed by atoms with Gasteiger partial charge < -0.3 is 18.6 Å². The average molecular weight is 484 g/mol. The highest BCUT2D eigenvalue weighted by Crippen LogP contribution is 2.37. The molecular formula is C17H29IO6Si. The zero-order valence-corrected chi connectivity index (χ0v) is 19.3. The zero-order valence-electron chi connectivity index (χ0n) is 16.1. The Balaban J connectivity index is 5.14. The number of hydrogen-bond acceptors (Lipinski definition) is 6. The van der Waals surface area contributed by atoms with Gasteiger partial charge in [0.05, 0.1) is 20.8 Å². The van der Waals surface area contributed by atoms with Crippen molar-refractivity contribution in [2.45, 2.75) is 51.4 Å². The third kappa shape index (κ3) is 8.86. The summed E-state index contributed by atoms with van der Waals surface area (Å²) in [6, 6.07) is 0. The molecule has 0 aromatic carbocycles. The second-order valence-electron chi connectivity index (χ2n) is 7.04. The smallest absolute Gasteiger partial charge is 0.372 e. The molecule has 6 nitrogen and oxygen atoms in total. The maximum atomic E-state index is 11.5. The highest BCUT2D eigenvalue weighted by molar-refractivity contribution is 14.1. The van der Waals surface area contributed by atoms with Gasteiger partial charge in [0.1, 0.15) is 6.10 Å². The van der Waals surface area contributed by atoms with Gasteiger partial charge in [-0.3, -0.25) is 0 Å². The quantitative estimate of drug-likeness (QED) is 0.162. The minimum Gasteiger partial charge on any atom is -0.481 e. The van der Waals surface area contributed by atoms with Crippen LogP contribution in [0, 0.1) is 0 Å². The molecule has 1 atom stereocenters. The molecule has 0 heterocycles. The fourth-order valence-corrected chi connectivity index (χ4v) is 3.26. The van der Waals surface area contributed by atoms with E-state index in [1.807, 2.05) is 22.6 Å². The number of methoxy groups -OCH3 is 2. The zero-order chi connectivity index (χ0) is 19.8. The molecule has 0 bridgehead atoms. The number of carbonyl (C=O) groups excluding carboxylic acids is 2. The van der Waals surface area contributed by atoms with Gasteiger partial charge in [-0.2, -0.15) is 0 Å². The second-order valence-corrected chi connectivity index (χ2v) is 13.2. The van der Waals surface area contributed by atoms with Crippen molar-refractivity contribution in [1.29, 1.82) is 0 Å². The Hall–Kier alpha value is -0.873. The van der Waals surface area contributed by atoms with Crippen molar-refractivity contribution in [3.63, 3.8) is 0 Å². The lowest BCUT2D eigenvalue weighted by Gasteiger charge is -2.37. The second kappa shape index (κ2) is 10.3. The van der Waals surface area contributed by atoms with Gasteiger partial charge in [0.25, 0.3) is 0 Å². The number of rotatable bonds is 9. The lowest BCUT2D eigenvalue weighted by Crippen LogP contribution is -2.43. The van der Waals surface area contributed by atoms with Gasteiger partial charge >= 0.3 is 11.9 Å². The van der Waals surface area contributed by atoms with E-state index in [0.29, 0.717) is 6.42 Å². The van der Waals surface area contributed by atoms with E-state index in [2.05, 4.69) is 49.9 Å². The highest BCUT2D eigenvalue weighted by Gasteiger charge is 2.38. The first kappa shape index (κ1) is 24.1. The van der Waals surface area contributed by atoms with Crippen LogP contribution in [0.2, 0.25) is 18.1 Å². The highest BCUT2D eigenvalue weighted by atomic mass is 127. The first-order valence-electron chi connectivity index (χ1n) is 7.86. The molecule has 0 aromatic rings. The van der Waals surface area contributed by atoms with Crippen LogP contribution in [0.4, 0.5) is 0 Å². The van der Waals surface area contributed by atoms with Gasteiger partial charge in [-0.15, -0.1) is 0 Å². The number of carbonyl (C=O) groups is 2. The molecule has 0 spiro atoms. The molecule has 0 aliphatic heterocycles. The molecule has 0 aromatic heterocycles. The van der Waals surface area contributed by atoms with E-state index in [1.54, 1.807) is 0 Å². The van der Waals surface area contributed by atoms with E-state index in [1.165, 1.54) is 20.3 Å². The molecular weight excluding hydrogens is 455 g/mol. The van der Waals surface area contributed by atoms with Crippen molar-refractivity contribution in [3.8, 4) is 0 Å². The van der Waals surface area contributed by atoms with Crippen molar-refractivity contribution in [3.05, 3.63) is 22.0 Å². The van der Waals surface area contributed by atoms with Crippen molar-refractivity contribution < 1.29 is 28.2 Å². The molecule has 0 aliphatic carbocycles. The lowest BCUT2D eigenvalue weighted by atomic mass is 10.2. The van der Waals surface area contributed by atoms with Crippen LogP contribution < -0.4 is 0 Å². The first-order chi connectivity index (χ1) is 11.3. The summed E-state index contributed by atoms with van der Waals surface area (Å²) in [5.41, 5.74) is 0. The third-order valence-corrected chi connectivity index (χ3v) is 9.31. The molecule has 0 rings (SSSR count). The van der Waals surface area contributed by atoms with Gasteiger partial charge in [-0.05, 0) is 47.3 Å². The summed E-state index contributed by atoms with van der Waals surface area (Å²) in [6.45, 7) is 14.6. The van der Waals surface area contributed by atoms with Crippen molar-refractivity contribution in [1.82, 2.24) is 0 Å². The Morgan fingerprint density at radius 3 is 2.20 bits per heavy atom. The number of halogens is 1. The van der Waals surface area contributed by atoms with E-state index < -0.39 is 26.4 Å². The number of esters is 2. The SMILES string of the molecule is C=C(OC(CO[Si](C)(C)C(C)(C)C)C/C(I)=C\C(=O)OC)C(=O)OC. The van der Waals surface area contributed by atoms with Crippen molar-refractivity contribution in [2.75, 3.05) is 20.8 Å². The van der Waals surface area contributed by atoms with Gasteiger partial charge in [0, 0.05) is 16.1 Å². The summed E-state index contributed by atoms with van der Waals surface area (Å²) in [5.74, 6) is -1.17. The van der Waals surface area contributed by atoms with Crippen LogP contribution in [0.5, 0.6) is 0 Å². The van der Waals surface area contributed by atoms with Crippen LogP contribution in [0.15, 0.2) is 22.0 Å². The summed E-state index contributed by atoms with van der Waals surface area (Å²) in [4.78, 5) is 22.9. The predicted molar refractivity (Wildman–Crippen MR) is 108 cm³/mol. The minimum atomic E-state index is -1.98. The van der Waals surface area contributed by atoms with Crippen LogP contribution in [0.3, 0.4) is 0 Å². The van der Waals surface area contributed by atoms with Crippen molar-refractivity contribution in [2.24, 2.45) is 0 Å². The molecule has 0 saturated carbocycles. The normalized spacial score (nSPS) is 13.8. The molecule has 0 amide bonds. The summed E-state index contributed by atoms with van der Waals surface area (Å²) < 4.78 is 21.8. The molecule has 0 radical (unpaired) electrons. The third-order valence-electron chi connectivity index (χ3n) is 4.06. The summed E-state index contributed by atoms with van der Waals surface area (Å²) in [7, 11) is 0.595. The average Bonchev–Trinajstić information content (AvgIpc) is 2.50. The Bertz CT molecular complexity index is 522. The molecule has 8 heteroatoms. The molecule has 1 unspecified atom stereocenters. The Labute approximate surface area is 165 Å². The van der Waals surface area contributed by atoms with Crippen molar-refractivity contribution >= 4 is 42.8 Å². The largest absolute Gasteiger partial charge is 0.481 e. The number of ether oxygens (including phenoxy) is 3. The number of hydrogen-bond donors (Lipinski definition) is 0. The molecule has 0 aliphatic rings. The fourth-order valence-electron chi connectivity index (χ4n) is 1.48. The van der Waals surface area contributed by atoms with Crippen LogP contribution in [-0.4, -0.2) is 47.2 Å². The Kier molecular flexibility index (Phi) is 9.96. The predicted octanol–water partition coefficient (Wildman–Crippen LogP) is 3.96. The van der Waals surface area contributed by atoms with Gasteiger partial charge in [0.15, 0.2) is 14.1 Å². The summed E-state index contributed by atoms with van der Waals surface area (Å²) in [6.07, 6.45) is 1.30. The molecule has 0 saturated heterocycles. The molecule has 25 heavy (non-hydrogen) atoms. The maximum Gasteiger partial charge on any atom is 0.372 e.